The fourth-order valence-corrected chi connectivity index (χ4v) is 3.00. The smallest absolute Gasteiger partial charge is 0.0309 e. The Morgan fingerprint density at radius 1 is 1.11 bits per heavy atom. The van der Waals surface area contributed by atoms with Gasteiger partial charge in [0.15, 0.2) is 0 Å². The molecule has 2 N–H and O–H groups in total. The van der Waals surface area contributed by atoms with Crippen molar-refractivity contribution in [2.24, 2.45) is 5.73 Å². The Balaban J connectivity index is 1.89. The molecule has 1 aromatic rings. The molecule has 0 aromatic heterocycles. The van der Waals surface area contributed by atoms with Crippen LogP contribution in [0.5, 0.6) is 0 Å². The average molecular weight is 260 g/mol. The molecule has 19 heavy (non-hydrogen) atoms. The molecule has 1 unspecified atom stereocenters. The van der Waals surface area contributed by atoms with Gasteiger partial charge in [0, 0.05) is 6.04 Å². The van der Waals surface area contributed by atoms with Gasteiger partial charge in [-0.15, -0.1) is 0 Å². The van der Waals surface area contributed by atoms with E-state index in [0.717, 1.165) is 13.0 Å². The van der Waals surface area contributed by atoms with Crippen LogP contribution in [0, 0.1) is 13.8 Å². The van der Waals surface area contributed by atoms with Gasteiger partial charge in [-0.3, -0.25) is 0 Å². The topological polar surface area (TPSA) is 29.3 Å². The molecule has 0 radical (unpaired) electrons. The molecular formula is C17H28N2. The second kappa shape index (κ2) is 7.06. The van der Waals surface area contributed by atoms with Gasteiger partial charge in [-0.2, -0.15) is 0 Å². The quantitative estimate of drug-likeness (QED) is 0.896. The fraction of sp³-hybridized carbons (Fsp3) is 0.647. The first-order chi connectivity index (χ1) is 9.16. The van der Waals surface area contributed by atoms with E-state index in [1.165, 1.54) is 55.5 Å². The summed E-state index contributed by atoms with van der Waals surface area (Å²) in [6.07, 6.45) is 6.60. The number of aryl methyl sites for hydroxylation is 2. The summed E-state index contributed by atoms with van der Waals surface area (Å²) in [5.41, 5.74) is 10.4. The van der Waals surface area contributed by atoms with Crippen LogP contribution in [-0.4, -0.2) is 24.5 Å². The number of benzene rings is 1. The molecule has 1 aromatic carbocycles. The van der Waals surface area contributed by atoms with Gasteiger partial charge in [0.2, 0.25) is 0 Å². The lowest BCUT2D eigenvalue weighted by atomic mass is 9.97. The maximum atomic E-state index is 6.39. The summed E-state index contributed by atoms with van der Waals surface area (Å²) in [7, 11) is 0. The van der Waals surface area contributed by atoms with E-state index in [-0.39, 0.29) is 6.04 Å². The minimum absolute atomic E-state index is 0.183. The van der Waals surface area contributed by atoms with Crippen molar-refractivity contribution in [3.8, 4) is 0 Å². The van der Waals surface area contributed by atoms with Crippen molar-refractivity contribution >= 4 is 0 Å². The summed E-state index contributed by atoms with van der Waals surface area (Å²) in [6.45, 7) is 7.98. The molecule has 1 aliphatic rings. The number of nitrogens with zero attached hydrogens (tertiary/aromatic N) is 1. The lowest BCUT2D eigenvalue weighted by Crippen LogP contribution is -2.28. The first kappa shape index (κ1) is 14.5. The van der Waals surface area contributed by atoms with Crippen molar-refractivity contribution in [1.29, 1.82) is 0 Å². The third kappa shape index (κ3) is 4.32. The van der Waals surface area contributed by atoms with Crippen LogP contribution in [0.1, 0.15) is 54.8 Å². The average Bonchev–Trinajstić information content (AvgIpc) is 2.67. The third-order valence-electron chi connectivity index (χ3n) is 4.29. The fourth-order valence-electron chi connectivity index (χ4n) is 3.00. The van der Waals surface area contributed by atoms with Gasteiger partial charge in [-0.25, -0.2) is 0 Å². The first-order valence-corrected chi connectivity index (χ1v) is 7.72. The monoisotopic (exact) mass is 260 g/mol. The number of nitrogens with two attached hydrogens (primary N) is 1. The van der Waals surface area contributed by atoms with Crippen LogP contribution in [0.2, 0.25) is 0 Å². The highest BCUT2D eigenvalue weighted by Crippen LogP contribution is 2.21. The molecule has 1 aliphatic heterocycles. The van der Waals surface area contributed by atoms with Crippen molar-refractivity contribution in [2.45, 2.75) is 52.0 Å². The van der Waals surface area contributed by atoms with Crippen LogP contribution in [0.3, 0.4) is 0 Å². The maximum absolute atomic E-state index is 6.39. The van der Waals surface area contributed by atoms with Gasteiger partial charge >= 0.3 is 0 Å². The predicted molar refractivity (Wildman–Crippen MR) is 82.4 cm³/mol. The Morgan fingerprint density at radius 3 is 2.47 bits per heavy atom. The normalized spacial score (nSPS) is 19.1. The molecule has 2 nitrogen and oxygen atoms in total. The molecule has 1 saturated heterocycles. The zero-order valence-electron chi connectivity index (χ0n) is 12.5. The Bertz CT molecular complexity index is 392. The first-order valence-electron chi connectivity index (χ1n) is 7.72. The highest BCUT2D eigenvalue weighted by Gasteiger charge is 2.13. The molecule has 106 valence electrons. The number of likely N-dealkylation sites (tertiary alicyclic amines) is 1. The summed E-state index contributed by atoms with van der Waals surface area (Å²) in [6, 6.07) is 6.79. The maximum Gasteiger partial charge on any atom is 0.0309 e. The summed E-state index contributed by atoms with van der Waals surface area (Å²) in [4.78, 5) is 2.60. The van der Waals surface area contributed by atoms with Crippen LogP contribution in [0.25, 0.3) is 0 Å². The summed E-state index contributed by atoms with van der Waals surface area (Å²) in [5, 5.41) is 0. The minimum atomic E-state index is 0.183. The number of rotatable bonds is 4. The molecular weight excluding hydrogens is 232 g/mol. The molecule has 0 bridgehead atoms. The molecule has 0 amide bonds. The van der Waals surface area contributed by atoms with E-state index < -0.39 is 0 Å². The van der Waals surface area contributed by atoms with Crippen LogP contribution >= 0.6 is 0 Å². The van der Waals surface area contributed by atoms with E-state index in [1.54, 1.807) is 0 Å². The van der Waals surface area contributed by atoms with Gasteiger partial charge in [-0.1, -0.05) is 36.6 Å². The molecule has 0 saturated carbocycles. The zero-order chi connectivity index (χ0) is 13.7. The van der Waals surface area contributed by atoms with Gasteiger partial charge < -0.3 is 10.6 Å². The second-order valence-corrected chi connectivity index (χ2v) is 6.01. The number of hydrogen-bond donors (Lipinski definition) is 1. The van der Waals surface area contributed by atoms with Gasteiger partial charge in [0.05, 0.1) is 0 Å². The zero-order valence-corrected chi connectivity index (χ0v) is 12.5. The second-order valence-electron chi connectivity index (χ2n) is 6.01. The van der Waals surface area contributed by atoms with E-state index in [2.05, 4.69) is 36.9 Å². The Labute approximate surface area is 118 Å². The van der Waals surface area contributed by atoms with Gasteiger partial charge in [0.1, 0.15) is 0 Å². The molecule has 0 aliphatic carbocycles. The van der Waals surface area contributed by atoms with E-state index in [4.69, 9.17) is 5.73 Å². The largest absolute Gasteiger partial charge is 0.324 e. The molecule has 1 heterocycles. The van der Waals surface area contributed by atoms with Crippen molar-refractivity contribution in [2.75, 3.05) is 19.6 Å². The van der Waals surface area contributed by atoms with E-state index in [1.807, 2.05) is 0 Å². The predicted octanol–water partition coefficient (Wildman–Crippen LogP) is 3.57. The van der Waals surface area contributed by atoms with Crippen molar-refractivity contribution in [1.82, 2.24) is 4.90 Å². The highest BCUT2D eigenvalue weighted by atomic mass is 15.1. The molecule has 0 spiro atoms. The van der Waals surface area contributed by atoms with Crippen LogP contribution in [-0.2, 0) is 0 Å². The van der Waals surface area contributed by atoms with E-state index in [0.29, 0.717) is 0 Å². The Kier molecular flexibility index (Phi) is 5.41. The van der Waals surface area contributed by atoms with Crippen molar-refractivity contribution in [3.63, 3.8) is 0 Å². The van der Waals surface area contributed by atoms with Crippen LogP contribution < -0.4 is 5.73 Å². The number of hydrogen-bond acceptors (Lipinski definition) is 2. The minimum Gasteiger partial charge on any atom is -0.324 e. The van der Waals surface area contributed by atoms with E-state index >= 15 is 0 Å². The Morgan fingerprint density at radius 2 is 1.79 bits per heavy atom. The molecule has 1 fully saturated rings. The summed E-state index contributed by atoms with van der Waals surface area (Å²) < 4.78 is 0. The van der Waals surface area contributed by atoms with E-state index in [9.17, 15) is 0 Å². The highest BCUT2D eigenvalue weighted by molar-refractivity contribution is 5.32. The lowest BCUT2D eigenvalue weighted by molar-refractivity contribution is 0.273. The SMILES string of the molecule is Cc1ccc(C)c(C(N)CCN2CCCCCC2)c1. The molecule has 2 heteroatoms. The van der Waals surface area contributed by atoms with Gasteiger partial charge in [-0.05, 0) is 63.9 Å². The van der Waals surface area contributed by atoms with Gasteiger partial charge in [0.25, 0.3) is 0 Å². The van der Waals surface area contributed by atoms with Crippen molar-refractivity contribution in [3.05, 3.63) is 34.9 Å². The van der Waals surface area contributed by atoms with Crippen molar-refractivity contribution < 1.29 is 0 Å². The van der Waals surface area contributed by atoms with Crippen LogP contribution in [0.4, 0.5) is 0 Å². The van der Waals surface area contributed by atoms with Crippen LogP contribution in [0.15, 0.2) is 18.2 Å². The molecule has 1 atom stereocenters. The standard InChI is InChI=1S/C17H28N2/c1-14-7-8-15(2)16(13-14)17(18)9-12-19-10-5-3-4-6-11-19/h7-8,13,17H,3-6,9-12,18H2,1-2H3. The summed E-state index contributed by atoms with van der Waals surface area (Å²) >= 11 is 0. The summed E-state index contributed by atoms with van der Waals surface area (Å²) in [5.74, 6) is 0. The lowest BCUT2D eigenvalue weighted by Gasteiger charge is -2.23. The third-order valence-corrected chi connectivity index (χ3v) is 4.29. The Hall–Kier alpha value is -0.860. The molecule has 2 rings (SSSR count).